The van der Waals surface area contributed by atoms with Gasteiger partial charge in [-0.05, 0) is 49.4 Å². The van der Waals surface area contributed by atoms with Gasteiger partial charge in [-0.25, -0.2) is 8.42 Å². The first-order chi connectivity index (χ1) is 12.9. The lowest BCUT2D eigenvalue weighted by atomic mass is 10.1. The average Bonchev–Trinajstić information content (AvgIpc) is 2.68. The predicted molar refractivity (Wildman–Crippen MR) is 111 cm³/mol. The van der Waals surface area contributed by atoms with Crippen LogP contribution in [0.3, 0.4) is 0 Å². The molecule has 1 aliphatic heterocycles. The van der Waals surface area contributed by atoms with Gasteiger partial charge in [0.2, 0.25) is 0 Å². The molecule has 1 atom stereocenters. The minimum atomic E-state index is -3.81. The number of carbonyl (C=O) groups is 1. The van der Waals surface area contributed by atoms with Crippen LogP contribution in [-0.2, 0) is 10.0 Å². The van der Waals surface area contributed by atoms with Gasteiger partial charge in [0, 0.05) is 36.9 Å². The van der Waals surface area contributed by atoms with Gasteiger partial charge in [-0.15, -0.1) is 12.4 Å². The van der Waals surface area contributed by atoms with Gasteiger partial charge in [-0.1, -0.05) is 6.07 Å². The number of nitrogens with one attached hydrogen (secondary N) is 2. The Morgan fingerprint density at radius 2 is 1.93 bits per heavy atom. The Morgan fingerprint density at radius 1 is 1.21 bits per heavy atom. The monoisotopic (exact) mass is 425 g/mol. The van der Waals surface area contributed by atoms with Gasteiger partial charge in [0.1, 0.15) is 5.75 Å². The van der Waals surface area contributed by atoms with Crippen LogP contribution in [0.4, 0.5) is 5.69 Å². The van der Waals surface area contributed by atoms with Crippen molar-refractivity contribution in [3.05, 3.63) is 54.1 Å². The molecule has 0 spiro atoms. The lowest BCUT2D eigenvalue weighted by Crippen LogP contribution is -2.52. The van der Waals surface area contributed by atoms with Gasteiger partial charge in [0.05, 0.1) is 12.0 Å². The molecule has 1 fully saturated rings. The van der Waals surface area contributed by atoms with E-state index in [0.29, 0.717) is 23.5 Å². The number of rotatable bonds is 5. The number of sulfonamides is 1. The minimum Gasteiger partial charge on any atom is -0.497 e. The van der Waals surface area contributed by atoms with Crippen molar-refractivity contribution in [1.29, 1.82) is 0 Å². The zero-order valence-corrected chi connectivity index (χ0v) is 17.3. The van der Waals surface area contributed by atoms with E-state index in [4.69, 9.17) is 4.74 Å². The van der Waals surface area contributed by atoms with Gasteiger partial charge in [-0.2, -0.15) is 0 Å². The molecular weight excluding hydrogens is 402 g/mol. The highest BCUT2D eigenvalue weighted by Crippen LogP contribution is 2.21. The summed E-state index contributed by atoms with van der Waals surface area (Å²) in [7, 11) is -2.26. The van der Waals surface area contributed by atoms with Crippen LogP contribution >= 0.6 is 12.4 Å². The molecule has 2 N–H and O–H groups in total. The quantitative estimate of drug-likeness (QED) is 0.767. The fourth-order valence-corrected chi connectivity index (χ4v) is 4.08. The number of amides is 1. The Hall–Kier alpha value is -2.29. The highest BCUT2D eigenvalue weighted by atomic mass is 35.5. The molecule has 0 aromatic heterocycles. The summed E-state index contributed by atoms with van der Waals surface area (Å²) in [5.41, 5.74) is 0.782. The van der Waals surface area contributed by atoms with Gasteiger partial charge in [-0.3, -0.25) is 9.52 Å². The van der Waals surface area contributed by atoms with Crippen molar-refractivity contribution in [2.75, 3.05) is 31.5 Å². The molecule has 0 bridgehead atoms. The maximum atomic E-state index is 12.8. The van der Waals surface area contributed by atoms with E-state index in [9.17, 15) is 13.2 Å². The number of piperazine rings is 1. The summed E-state index contributed by atoms with van der Waals surface area (Å²) in [6.07, 6.45) is 0. The van der Waals surface area contributed by atoms with E-state index in [-0.39, 0.29) is 29.3 Å². The molecule has 1 amide bonds. The smallest absolute Gasteiger partial charge is 0.261 e. The largest absolute Gasteiger partial charge is 0.497 e. The second-order valence-electron chi connectivity index (χ2n) is 6.41. The lowest BCUT2D eigenvalue weighted by molar-refractivity contribution is 0.0655. The molecule has 1 saturated heterocycles. The minimum absolute atomic E-state index is 0. The van der Waals surface area contributed by atoms with E-state index < -0.39 is 10.0 Å². The van der Waals surface area contributed by atoms with Crippen LogP contribution in [0.15, 0.2) is 53.4 Å². The van der Waals surface area contributed by atoms with Crippen LogP contribution in [0.2, 0.25) is 0 Å². The van der Waals surface area contributed by atoms with Crippen molar-refractivity contribution in [3.8, 4) is 5.75 Å². The molecule has 1 aliphatic rings. The van der Waals surface area contributed by atoms with Gasteiger partial charge in [0.15, 0.2) is 0 Å². The number of halogens is 1. The average molecular weight is 426 g/mol. The van der Waals surface area contributed by atoms with Crippen molar-refractivity contribution in [2.24, 2.45) is 0 Å². The number of nitrogens with zero attached hydrogens (tertiary/aromatic N) is 1. The van der Waals surface area contributed by atoms with Crippen LogP contribution < -0.4 is 14.8 Å². The fraction of sp³-hybridized carbons (Fsp3) is 0.316. The summed E-state index contributed by atoms with van der Waals surface area (Å²) < 4.78 is 33.0. The SMILES string of the molecule is COc1ccc(NS(=O)(=O)c2cccc(C(=O)N3CCNC[C@@H]3C)c2)cc1.Cl. The van der Waals surface area contributed by atoms with Crippen molar-refractivity contribution < 1.29 is 17.9 Å². The molecule has 0 radical (unpaired) electrons. The molecule has 0 saturated carbocycles. The maximum Gasteiger partial charge on any atom is 0.261 e. The van der Waals surface area contributed by atoms with Crippen LogP contribution in [-0.4, -0.2) is 52.0 Å². The molecule has 9 heteroatoms. The third kappa shape index (κ3) is 4.95. The van der Waals surface area contributed by atoms with Crippen molar-refractivity contribution in [1.82, 2.24) is 10.2 Å². The number of hydrogen-bond donors (Lipinski definition) is 2. The molecule has 7 nitrogen and oxygen atoms in total. The molecule has 1 heterocycles. The Kier molecular flexibility index (Phi) is 7.29. The van der Waals surface area contributed by atoms with Gasteiger partial charge < -0.3 is 15.0 Å². The second-order valence-corrected chi connectivity index (χ2v) is 8.10. The van der Waals surface area contributed by atoms with E-state index in [1.54, 1.807) is 48.4 Å². The molecule has 0 unspecified atom stereocenters. The first kappa shape index (κ1) is 22.0. The van der Waals surface area contributed by atoms with Crippen LogP contribution in [0.5, 0.6) is 5.75 Å². The maximum absolute atomic E-state index is 12.8. The molecule has 2 aromatic carbocycles. The van der Waals surface area contributed by atoms with Crippen LogP contribution in [0.25, 0.3) is 0 Å². The third-order valence-corrected chi connectivity index (χ3v) is 5.87. The zero-order chi connectivity index (χ0) is 19.4. The van der Waals surface area contributed by atoms with E-state index in [1.807, 2.05) is 6.92 Å². The standard InChI is InChI=1S/C19H23N3O4S.ClH/c1-14-13-20-10-11-22(14)19(23)15-4-3-5-18(12-15)27(24,25)21-16-6-8-17(26-2)9-7-16;/h3-9,12,14,20-21H,10-11,13H2,1-2H3;1H/t14-;/m0./s1. The molecule has 152 valence electrons. The Morgan fingerprint density at radius 3 is 2.57 bits per heavy atom. The Labute approximate surface area is 171 Å². The van der Waals surface area contributed by atoms with Gasteiger partial charge >= 0.3 is 0 Å². The molecular formula is C19H24ClN3O4S. The summed E-state index contributed by atoms with van der Waals surface area (Å²) in [6.45, 7) is 4.02. The van der Waals surface area contributed by atoms with E-state index in [0.717, 1.165) is 13.1 Å². The number of benzene rings is 2. The number of carbonyl (C=O) groups excluding carboxylic acids is 1. The van der Waals surface area contributed by atoms with E-state index >= 15 is 0 Å². The summed E-state index contributed by atoms with van der Waals surface area (Å²) in [6, 6.07) is 12.8. The highest BCUT2D eigenvalue weighted by molar-refractivity contribution is 7.92. The normalized spacial score (nSPS) is 16.8. The number of hydrogen-bond acceptors (Lipinski definition) is 5. The fourth-order valence-electron chi connectivity index (χ4n) is 2.98. The Bertz CT molecular complexity index is 919. The van der Waals surface area contributed by atoms with E-state index in [2.05, 4.69) is 10.0 Å². The van der Waals surface area contributed by atoms with Gasteiger partial charge in [0.25, 0.3) is 15.9 Å². The topological polar surface area (TPSA) is 87.7 Å². The third-order valence-electron chi connectivity index (χ3n) is 4.50. The number of methoxy groups -OCH3 is 1. The summed E-state index contributed by atoms with van der Waals surface area (Å²) in [5, 5.41) is 3.23. The summed E-state index contributed by atoms with van der Waals surface area (Å²) in [5.74, 6) is 0.473. The van der Waals surface area contributed by atoms with Crippen molar-refractivity contribution >= 4 is 34.0 Å². The van der Waals surface area contributed by atoms with Crippen molar-refractivity contribution in [2.45, 2.75) is 17.9 Å². The molecule has 2 aromatic rings. The number of anilines is 1. The molecule has 28 heavy (non-hydrogen) atoms. The summed E-state index contributed by atoms with van der Waals surface area (Å²) >= 11 is 0. The van der Waals surface area contributed by atoms with Crippen molar-refractivity contribution in [3.63, 3.8) is 0 Å². The number of ether oxygens (including phenoxy) is 1. The first-order valence-electron chi connectivity index (χ1n) is 8.69. The van der Waals surface area contributed by atoms with Crippen LogP contribution in [0.1, 0.15) is 17.3 Å². The molecule has 0 aliphatic carbocycles. The van der Waals surface area contributed by atoms with Crippen LogP contribution in [0, 0.1) is 0 Å². The summed E-state index contributed by atoms with van der Waals surface area (Å²) in [4.78, 5) is 14.6. The van der Waals surface area contributed by atoms with E-state index in [1.165, 1.54) is 12.1 Å². The zero-order valence-electron chi connectivity index (χ0n) is 15.7. The first-order valence-corrected chi connectivity index (χ1v) is 10.2. The Balaban J connectivity index is 0.00000280. The second kappa shape index (κ2) is 9.27. The lowest BCUT2D eigenvalue weighted by Gasteiger charge is -2.34. The predicted octanol–water partition coefficient (Wildman–Crippen LogP) is 2.35. The molecule has 3 rings (SSSR count). The highest BCUT2D eigenvalue weighted by Gasteiger charge is 2.25.